The number of piperidine rings is 1. The third kappa shape index (κ3) is 5.80. The summed E-state index contributed by atoms with van der Waals surface area (Å²) in [5, 5.41) is 13.0. The molecule has 1 fully saturated rings. The van der Waals surface area contributed by atoms with E-state index >= 15 is 0 Å². The molecule has 1 unspecified atom stereocenters. The van der Waals surface area contributed by atoms with Gasteiger partial charge in [-0.05, 0) is 26.2 Å². The molecule has 5 heteroatoms. The summed E-state index contributed by atoms with van der Waals surface area (Å²) in [5.41, 5.74) is -0.821. The number of carbonyl (C=O) groups excluding carboxylic acids is 1. The van der Waals surface area contributed by atoms with Crippen LogP contribution in [0.1, 0.15) is 32.6 Å². The third-order valence-corrected chi connectivity index (χ3v) is 3.34. The molecule has 0 aromatic carbocycles. The number of ether oxygens (including phenoxy) is 1. The highest BCUT2D eigenvalue weighted by molar-refractivity contribution is 5.78. The van der Waals surface area contributed by atoms with Gasteiger partial charge in [0.2, 0.25) is 5.91 Å². The van der Waals surface area contributed by atoms with E-state index in [4.69, 9.17) is 4.74 Å². The van der Waals surface area contributed by atoms with Gasteiger partial charge in [-0.25, -0.2) is 0 Å². The molecule has 0 bridgehead atoms. The van der Waals surface area contributed by atoms with E-state index in [1.807, 2.05) is 4.90 Å². The molecule has 0 aromatic rings. The van der Waals surface area contributed by atoms with Gasteiger partial charge >= 0.3 is 0 Å². The van der Waals surface area contributed by atoms with Gasteiger partial charge in [-0.15, -0.1) is 0 Å². The maximum atomic E-state index is 11.9. The number of amides is 1. The molecule has 1 amide bonds. The Balaban J connectivity index is 2.17. The molecule has 0 aliphatic carbocycles. The summed E-state index contributed by atoms with van der Waals surface area (Å²) in [5.74, 6) is 0.136. The van der Waals surface area contributed by atoms with Crippen molar-refractivity contribution in [3.63, 3.8) is 0 Å². The highest BCUT2D eigenvalue weighted by atomic mass is 16.5. The largest absolute Gasteiger partial charge is 0.389 e. The highest BCUT2D eigenvalue weighted by Gasteiger charge is 2.21. The van der Waals surface area contributed by atoms with E-state index in [1.54, 1.807) is 14.0 Å². The van der Waals surface area contributed by atoms with Crippen LogP contribution in [0.3, 0.4) is 0 Å². The van der Waals surface area contributed by atoms with E-state index in [2.05, 4.69) is 5.32 Å². The van der Waals surface area contributed by atoms with Gasteiger partial charge in [0.05, 0.1) is 12.1 Å². The fourth-order valence-electron chi connectivity index (χ4n) is 2.10. The van der Waals surface area contributed by atoms with Gasteiger partial charge in [0.25, 0.3) is 0 Å². The van der Waals surface area contributed by atoms with E-state index in [-0.39, 0.29) is 5.91 Å². The van der Waals surface area contributed by atoms with Crippen molar-refractivity contribution in [2.75, 3.05) is 39.9 Å². The summed E-state index contributed by atoms with van der Waals surface area (Å²) >= 11 is 0. The molecule has 0 spiro atoms. The molecule has 0 aromatic heterocycles. The number of hydrogen-bond donors (Lipinski definition) is 2. The lowest BCUT2D eigenvalue weighted by molar-refractivity contribution is -0.131. The molecule has 0 radical (unpaired) electrons. The molecule has 106 valence electrons. The summed E-state index contributed by atoms with van der Waals surface area (Å²) in [6, 6.07) is 0. The minimum Gasteiger partial charge on any atom is -0.389 e. The predicted molar refractivity (Wildman–Crippen MR) is 70.4 cm³/mol. The Morgan fingerprint density at radius 2 is 2.06 bits per heavy atom. The van der Waals surface area contributed by atoms with Crippen molar-refractivity contribution in [3.05, 3.63) is 0 Å². The van der Waals surface area contributed by atoms with Crippen LogP contribution in [0.2, 0.25) is 0 Å². The van der Waals surface area contributed by atoms with Gasteiger partial charge in [-0.2, -0.15) is 0 Å². The summed E-state index contributed by atoms with van der Waals surface area (Å²) in [7, 11) is 1.61. The van der Waals surface area contributed by atoms with Gasteiger partial charge in [-0.1, -0.05) is 0 Å². The molecule has 5 nitrogen and oxygen atoms in total. The van der Waals surface area contributed by atoms with Crippen LogP contribution in [0, 0.1) is 0 Å². The van der Waals surface area contributed by atoms with E-state index in [1.165, 1.54) is 6.42 Å². The summed E-state index contributed by atoms with van der Waals surface area (Å²) in [4.78, 5) is 13.8. The van der Waals surface area contributed by atoms with Crippen molar-refractivity contribution >= 4 is 5.91 Å². The van der Waals surface area contributed by atoms with Gasteiger partial charge in [0.1, 0.15) is 0 Å². The lowest BCUT2D eigenvalue weighted by Gasteiger charge is -2.28. The molecular weight excluding hydrogens is 232 g/mol. The van der Waals surface area contributed by atoms with Gasteiger partial charge in [0, 0.05) is 39.8 Å². The summed E-state index contributed by atoms with van der Waals surface area (Å²) in [6.45, 7) is 4.75. The van der Waals surface area contributed by atoms with Gasteiger partial charge < -0.3 is 20.1 Å². The molecule has 1 saturated heterocycles. The molecule has 1 heterocycles. The van der Waals surface area contributed by atoms with Gasteiger partial charge in [-0.3, -0.25) is 4.79 Å². The average Bonchev–Trinajstić information content (AvgIpc) is 2.37. The minimum atomic E-state index is -0.821. The first-order valence-corrected chi connectivity index (χ1v) is 6.75. The van der Waals surface area contributed by atoms with Crippen LogP contribution in [-0.2, 0) is 9.53 Å². The normalized spacial score (nSPS) is 19.6. The van der Waals surface area contributed by atoms with Crippen molar-refractivity contribution in [2.45, 2.75) is 38.2 Å². The number of nitrogens with one attached hydrogen (secondary N) is 1. The first-order chi connectivity index (χ1) is 8.55. The second-order valence-electron chi connectivity index (χ2n) is 5.28. The maximum Gasteiger partial charge on any atom is 0.236 e. The number of carbonyl (C=O) groups is 1. The Bertz CT molecular complexity index is 251. The van der Waals surface area contributed by atoms with Crippen LogP contribution >= 0.6 is 0 Å². The number of rotatable bonds is 7. The Kier molecular flexibility index (Phi) is 6.60. The quantitative estimate of drug-likeness (QED) is 0.693. The molecule has 1 rings (SSSR count). The first-order valence-electron chi connectivity index (χ1n) is 6.75. The summed E-state index contributed by atoms with van der Waals surface area (Å²) < 4.78 is 4.94. The van der Waals surface area contributed by atoms with E-state index in [0.717, 1.165) is 25.9 Å². The molecule has 1 atom stereocenters. The van der Waals surface area contributed by atoms with Crippen LogP contribution in [0.4, 0.5) is 0 Å². The molecular formula is C13H26N2O3. The number of nitrogens with zero attached hydrogens (tertiary/aromatic N) is 1. The topological polar surface area (TPSA) is 61.8 Å². The number of hydrogen-bond acceptors (Lipinski definition) is 4. The van der Waals surface area contributed by atoms with Crippen molar-refractivity contribution < 1.29 is 14.6 Å². The SMILES string of the molecule is COCCC(C)(O)CNCC(=O)N1CCCCC1. The number of methoxy groups -OCH3 is 1. The van der Waals surface area contributed by atoms with Crippen molar-refractivity contribution in [3.8, 4) is 0 Å². The fraction of sp³-hybridized carbons (Fsp3) is 0.923. The minimum absolute atomic E-state index is 0.136. The van der Waals surface area contributed by atoms with Crippen molar-refractivity contribution in [2.24, 2.45) is 0 Å². The van der Waals surface area contributed by atoms with Crippen LogP contribution in [0.15, 0.2) is 0 Å². The zero-order valence-electron chi connectivity index (χ0n) is 11.6. The third-order valence-electron chi connectivity index (χ3n) is 3.34. The van der Waals surface area contributed by atoms with Crippen molar-refractivity contribution in [1.82, 2.24) is 10.2 Å². The lowest BCUT2D eigenvalue weighted by atomic mass is 10.0. The van der Waals surface area contributed by atoms with Crippen LogP contribution in [0.5, 0.6) is 0 Å². The molecule has 18 heavy (non-hydrogen) atoms. The molecule has 1 aliphatic heterocycles. The predicted octanol–water partition coefficient (Wildman–Crippen LogP) is 0.376. The monoisotopic (exact) mass is 258 g/mol. The molecule has 2 N–H and O–H groups in total. The Hall–Kier alpha value is -0.650. The molecule has 1 aliphatic rings. The van der Waals surface area contributed by atoms with E-state index < -0.39 is 5.60 Å². The molecule has 0 saturated carbocycles. The maximum absolute atomic E-state index is 11.9. The second-order valence-corrected chi connectivity index (χ2v) is 5.28. The number of aliphatic hydroxyl groups is 1. The fourth-order valence-corrected chi connectivity index (χ4v) is 2.10. The highest BCUT2D eigenvalue weighted by Crippen LogP contribution is 2.09. The van der Waals surface area contributed by atoms with Crippen molar-refractivity contribution in [1.29, 1.82) is 0 Å². The summed E-state index contributed by atoms with van der Waals surface area (Å²) in [6.07, 6.45) is 4.01. The smallest absolute Gasteiger partial charge is 0.236 e. The van der Waals surface area contributed by atoms with Crippen LogP contribution in [-0.4, -0.2) is 61.4 Å². The van der Waals surface area contributed by atoms with Gasteiger partial charge in [0.15, 0.2) is 0 Å². The Labute approximate surface area is 109 Å². The lowest BCUT2D eigenvalue weighted by Crippen LogP contribution is -2.45. The second kappa shape index (κ2) is 7.71. The zero-order chi connectivity index (χ0) is 13.4. The van der Waals surface area contributed by atoms with Crippen LogP contribution in [0.25, 0.3) is 0 Å². The average molecular weight is 258 g/mol. The zero-order valence-corrected chi connectivity index (χ0v) is 11.6. The van der Waals surface area contributed by atoms with Crippen LogP contribution < -0.4 is 5.32 Å². The van der Waals surface area contributed by atoms with E-state index in [0.29, 0.717) is 26.1 Å². The standard InChI is InChI=1S/C13H26N2O3/c1-13(17,6-9-18-2)11-14-10-12(16)15-7-4-3-5-8-15/h14,17H,3-11H2,1-2H3. The Morgan fingerprint density at radius 1 is 1.39 bits per heavy atom. The van der Waals surface area contributed by atoms with E-state index in [9.17, 15) is 9.90 Å². The number of likely N-dealkylation sites (tertiary alicyclic amines) is 1. The first kappa shape index (κ1) is 15.4. The Morgan fingerprint density at radius 3 is 2.67 bits per heavy atom.